The number of esters is 1. The fraction of sp³-hybridized carbons (Fsp3) is 0.556. The molecule has 0 spiro atoms. The summed E-state index contributed by atoms with van der Waals surface area (Å²) >= 11 is 0. The number of carbonyl (C=O) groups excluding carboxylic acids is 1. The fourth-order valence-corrected chi connectivity index (χ4v) is 7.74. The quantitative estimate of drug-likeness (QED) is 0.0946. The van der Waals surface area contributed by atoms with Gasteiger partial charge in [0.05, 0.1) is 25.8 Å². The molecule has 258 valence electrons. The second-order valence-corrected chi connectivity index (χ2v) is 15.2. The number of imidazole rings is 1. The number of sulfonamides is 1. The summed E-state index contributed by atoms with van der Waals surface area (Å²) in [5, 5.41) is 26.5. The maximum atomic E-state index is 14.3. The Labute approximate surface area is 271 Å². The molecule has 6 N–H and O–H groups in total. The van der Waals surface area contributed by atoms with Crippen LogP contribution in [0.1, 0.15) is 44.9 Å². The molecule has 1 aliphatic heterocycles. The summed E-state index contributed by atoms with van der Waals surface area (Å²) < 4.78 is 62.1. The lowest BCUT2D eigenvalue weighted by molar-refractivity contribution is -0.154. The van der Waals surface area contributed by atoms with Crippen LogP contribution in [0.4, 0.5) is 11.8 Å². The van der Waals surface area contributed by atoms with E-state index in [9.17, 15) is 28.0 Å². The standard InChI is InChI=1S/C27H39N8O10PS/c1-6-42-24(37)27(12-7-13-27)32-46(39,45-17-10-8-16(2)9-11-17)43-14-18-20(36)26(3,38)23(44-18)35-15-29-19-21(30-25(28)31-22(19)35)34(4)33-47(5,40)41/h8-11,15,18,20,23,33,36,38H,6-7,12-14H2,1-5H3,(H,32,39)(H2,28,30,31)/t18?,20-,23?,26-,46?/m1/s1. The summed E-state index contributed by atoms with van der Waals surface area (Å²) in [4.78, 5) is 27.7. The van der Waals surface area contributed by atoms with Crippen molar-refractivity contribution in [2.75, 3.05) is 37.3 Å². The molecule has 47 heavy (non-hydrogen) atoms. The van der Waals surface area contributed by atoms with E-state index in [0.29, 0.717) is 19.3 Å². The third kappa shape index (κ3) is 7.22. The summed E-state index contributed by atoms with van der Waals surface area (Å²) in [5.41, 5.74) is 3.75. The fourth-order valence-electron chi connectivity index (χ4n) is 5.41. The average molecular weight is 699 g/mol. The van der Waals surface area contributed by atoms with Crippen LogP contribution >= 0.6 is 7.75 Å². The largest absolute Gasteiger partial charge is 0.465 e. The third-order valence-electron chi connectivity index (χ3n) is 7.93. The van der Waals surface area contributed by atoms with Crippen LogP contribution < -0.4 is 25.2 Å². The first-order chi connectivity index (χ1) is 22.0. The van der Waals surface area contributed by atoms with Gasteiger partial charge in [-0.1, -0.05) is 17.7 Å². The Morgan fingerprint density at radius 2 is 1.96 bits per heavy atom. The van der Waals surface area contributed by atoms with Gasteiger partial charge in [-0.25, -0.2) is 18.0 Å². The summed E-state index contributed by atoms with van der Waals surface area (Å²) in [7, 11) is -6.64. The van der Waals surface area contributed by atoms with E-state index in [1.165, 1.54) is 24.9 Å². The second kappa shape index (κ2) is 12.9. The molecule has 2 fully saturated rings. The molecule has 3 heterocycles. The van der Waals surface area contributed by atoms with Crippen molar-refractivity contribution in [1.82, 2.24) is 29.4 Å². The highest BCUT2D eigenvalue weighted by atomic mass is 32.2. The third-order valence-corrected chi connectivity index (χ3v) is 10.2. The molecule has 1 aromatic carbocycles. The van der Waals surface area contributed by atoms with E-state index in [2.05, 4.69) is 24.9 Å². The number of ether oxygens (including phenoxy) is 2. The van der Waals surface area contributed by atoms with Crippen LogP contribution in [0, 0.1) is 6.92 Å². The number of hydrogen-bond donors (Lipinski definition) is 5. The van der Waals surface area contributed by atoms with Crippen molar-refractivity contribution in [3.63, 3.8) is 0 Å². The van der Waals surface area contributed by atoms with Crippen LogP contribution in [0.5, 0.6) is 5.75 Å². The van der Waals surface area contributed by atoms with Crippen LogP contribution in [0.25, 0.3) is 11.2 Å². The van der Waals surface area contributed by atoms with E-state index in [-0.39, 0.29) is 35.3 Å². The van der Waals surface area contributed by atoms with Crippen molar-refractivity contribution >= 4 is 46.7 Å². The van der Waals surface area contributed by atoms with Gasteiger partial charge in [0.25, 0.3) is 0 Å². The first-order valence-corrected chi connectivity index (χ1v) is 18.1. The van der Waals surface area contributed by atoms with Gasteiger partial charge < -0.3 is 29.9 Å². The maximum absolute atomic E-state index is 14.3. The molecule has 5 rings (SSSR count). The van der Waals surface area contributed by atoms with E-state index >= 15 is 0 Å². The number of benzene rings is 1. The Balaban J connectivity index is 1.41. The Kier molecular flexibility index (Phi) is 9.57. The number of aliphatic hydroxyl groups is 2. The Morgan fingerprint density at radius 1 is 1.28 bits per heavy atom. The van der Waals surface area contributed by atoms with Crippen LogP contribution in [0.2, 0.25) is 0 Å². The van der Waals surface area contributed by atoms with Crippen molar-refractivity contribution in [1.29, 1.82) is 0 Å². The number of carbonyl (C=O) groups is 1. The Morgan fingerprint density at radius 3 is 2.55 bits per heavy atom. The van der Waals surface area contributed by atoms with Crippen LogP contribution in [0.15, 0.2) is 30.6 Å². The number of anilines is 2. The van der Waals surface area contributed by atoms with E-state index < -0.39 is 59.9 Å². The monoisotopic (exact) mass is 698 g/mol. The lowest BCUT2D eigenvalue weighted by Gasteiger charge is -2.41. The Hall–Kier alpha value is -3.42. The van der Waals surface area contributed by atoms with Gasteiger partial charge in [-0.2, -0.15) is 15.1 Å². The molecule has 1 aliphatic carbocycles. The zero-order valence-electron chi connectivity index (χ0n) is 26.5. The Bertz CT molecular complexity index is 1780. The van der Waals surface area contributed by atoms with Crippen LogP contribution in [0.3, 0.4) is 0 Å². The molecule has 5 atom stereocenters. The number of rotatable bonds is 13. The molecule has 2 aliphatic rings. The number of nitrogen functional groups attached to an aromatic ring is 1. The molecule has 1 saturated heterocycles. The predicted molar refractivity (Wildman–Crippen MR) is 168 cm³/mol. The predicted octanol–water partition coefficient (Wildman–Crippen LogP) is 0.906. The van der Waals surface area contributed by atoms with E-state index in [1.54, 1.807) is 31.2 Å². The molecular weight excluding hydrogens is 659 g/mol. The van der Waals surface area contributed by atoms with Gasteiger partial charge in [-0.05, 0) is 52.2 Å². The summed E-state index contributed by atoms with van der Waals surface area (Å²) in [5.74, 6) is -0.605. The summed E-state index contributed by atoms with van der Waals surface area (Å²) in [6.45, 7) is 4.44. The number of nitrogens with one attached hydrogen (secondary N) is 2. The highest BCUT2D eigenvalue weighted by Gasteiger charge is 2.55. The molecule has 3 unspecified atom stereocenters. The highest BCUT2D eigenvalue weighted by Crippen LogP contribution is 2.51. The van der Waals surface area contributed by atoms with Gasteiger partial charge in [0.1, 0.15) is 29.1 Å². The molecule has 2 aromatic heterocycles. The second-order valence-electron chi connectivity index (χ2n) is 11.8. The minimum absolute atomic E-state index is 0.0153. The zero-order valence-corrected chi connectivity index (χ0v) is 28.2. The van der Waals surface area contributed by atoms with Gasteiger partial charge in [-0.15, -0.1) is 4.83 Å². The normalized spacial score (nSPS) is 25.2. The van der Waals surface area contributed by atoms with Gasteiger partial charge in [0.2, 0.25) is 16.0 Å². The number of nitrogens with two attached hydrogens (primary N) is 1. The topological polar surface area (TPSA) is 243 Å². The van der Waals surface area contributed by atoms with Gasteiger partial charge in [0, 0.05) is 7.05 Å². The molecular formula is C27H39N8O10PS. The van der Waals surface area contributed by atoms with Crippen molar-refractivity contribution in [3.05, 3.63) is 36.2 Å². The van der Waals surface area contributed by atoms with Crippen molar-refractivity contribution in [2.45, 2.75) is 69.6 Å². The summed E-state index contributed by atoms with van der Waals surface area (Å²) in [6.07, 6.45) is -0.602. The SMILES string of the molecule is CCOC(=O)C1(NP(=O)(OCC2OC(n3cnc4c(N(C)NS(C)(=O)=O)nc(N)nc43)[C@](C)(O)[C@@H]2O)Oc2ccc(C)cc2)CCC1. The zero-order chi connectivity index (χ0) is 34.4. The number of fused-ring (bicyclic) bond motifs is 1. The minimum Gasteiger partial charge on any atom is -0.465 e. The van der Waals surface area contributed by atoms with Gasteiger partial charge in [-0.3, -0.25) is 18.9 Å². The van der Waals surface area contributed by atoms with E-state index in [4.69, 9.17) is 24.3 Å². The first-order valence-electron chi connectivity index (χ1n) is 14.7. The number of hydrazine groups is 1. The molecule has 1 saturated carbocycles. The summed E-state index contributed by atoms with van der Waals surface area (Å²) in [6, 6.07) is 6.70. The number of aliphatic hydroxyl groups excluding tert-OH is 1. The number of hydrogen-bond acceptors (Lipinski definition) is 15. The number of nitrogens with zero attached hydrogens (tertiary/aromatic N) is 5. The van der Waals surface area contributed by atoms with Crippen LogP contribution in [-0.4, -0.2) is 94.0 Å². The number of aromatic nitrogens is 4. The van der Waals surface area contributed by atoms with Crippen LogP contribution in [-0.2, 0) is 33.4 Å². The molecule has 3 aromatic rings. The lowest BCUT2D eigenvalue weighted by Crippen LogP contribution is -2.57. The minimum atomic E-state index is -4.34. The van der Waals surface area contributed by atoms with E-state index in [0.717, 1.165) is 16.8 Å². The maximum Gasteiger partial charge on any atom is 0.459 e. The number of aryl methyl sites for hydroxylation is 1. The molecule has 0 amide bonds. The lowest BCUT2D eigenvalue weighted by atomic mass is 9.78. The average Bonchev–Trinajstić information content (AvgIpc) is 3.47. The molecule has 20 heteroatoms. The van der Waals surface area contributed by atoms with Crippen molar-refractivity contribution in [3.8, 4) is 5.75 Å². The highest BCUT2D eigenvalue weighted by molar-refractivity contribution is 7.88. The molecule has 18 nitrogen and oxygen atoms in total. The first kappa shape index (κ1) is 34.9. The van der Waals surface area contributed by atoms with Crippen molar-refractivity contribution in [2.24, 2.45) is 0 Å². The van der Waals surface area contributed by atoms with E-state index in [1.807, 2.05) is 6.92 Å². The smallest absolute Gasteiger partial charge is 0.459 e. The molecule has 0 radical (unpaired) electrons. The van der Waals surface area contributed by atoms with Gasteiger partial charge in [0.15, 0.2) is 23.2 Å². The molecule has 0 bridgehead atoms. The van der Waals surface area contributed by atoms with Gasteiger partial charge >= 0.3 is 13.7 Å². The van der Waals surface area contributed by atoms with Crippen molar-refractivity contribution < 1.29 is 46.5 Å².